The van der Waals surface area contributed by atoms with Crippen LogP contribution < -0.4 is 5.73 Å². The molecule has 2 aromatic heterocycles. The van der Waals surface area contributed by atoms with Crippen LogP contribution in [0.15, 0.2) is 17.0 Å². The Balaban J connectivity index is 1.88. The van der Waals surface area contributed by atoms with Crippen molar-refractivity contribution < 1.29 is 9.26 Å². The van der Waals surface area contributed by atoms with Gasteiger partial charge in [0.25, 0.3) is 0 Å². The number of nitrogens with zero attached hydrogens (tertiary/aromatic N) is 3. The predicted octanol–water partition coefficient (Wildman–Crippen LogP) is 0.962. The normalized spacial score (nSPS) is 12.8. The van der Waals surface area contributed by atoms with Gasteiger partial charge in [0.05, 0.1) is 12.4 Å². The first-order valence-corrected chi connectivity index (χ1v) is 5.92. The van der Waals surface area contributed by atoms with Crippen LogP contribution in [0, 0.1) is 0 Å². The second kappa shape index (κ2) is 6.27. The van der Waals surface area contributed by atoms with Crippen LogP contribution in [0.1, 0.15) is 36.8 Å². The molecule has 3 N–H and O–H groups in total. The van der Waals surface area contributed by atoms with E-state index < -0.39 is 0 Å². The summed E-state index contributed by atoms with van der Waals surface area (Å²) in [5.74, 6) is 0.943. The fourth-order valence-electron chi connectivity index (χ4n) is 1.51. The Morgan fingerprint density at radius 3 is 3.17 bits per heavy atom. The van der Waals surface area contributed by atoms with Crippen LogP contribution in [-0.4, -0.2) is 26.7 Å². The van der Waals surface area contributed by atoms with Crippen LogP contribution in [-0.2, 0) is 17.8 Å². The van der Waals surface area contributed by atoms with Gasteiger partial charge in [-0.1, -0.05) is 12.1 Å². The summed E-state index contributed by atoms with van der Waals surface area (Å²) in [6.07, 6.45) is 4.88. The van der Waals surface area contributed by atoms with Crippen LogP contribution in [0.3, 0.4) is 0 Å². The third kappa shape index (κ3) is 3.38. The molecule has 2 heterocycles. The topological polar surface area (TPSA) is 103 Å². The zero-order valence-corrected chi connectivity index (χ0v) is 10.3. The maximum absolute atomic E-state index is 5.97. The minimum Gasteiger partial charge on any atom is -0.373 e. The highest BCUT2D eigenvalue weighted by atomic mass is 16.5. The molecule has 0 saturated heterocycles. The maximum Gasteiger partial charge on any atom is 0.244 e. The molecule has 7 heteroatoms. The van der Waals surface area contributed by atoms with Crippen LogP contribution in [0.2, 0.25) is 0 Å². The first-order valence-electron chi connectivity index (χ1n) is 5.92. The van der Waals surface area contributed by atoms with Crippen molar-refractivity contribution in [1.82, 2.24) is 20.1 Å². The van der Waals surface area contributed by atoms with Gasteiger partial charge in [0.15, 0.2) is 5.82 Å². The molecule has 0 aliphatic heterocycles. The molecule has 7 nitrogen and oxygen atoms in total. The number of imidazole rings is 1. The van der Waals surface area contributed by atoms with Gasteiger partial charge in [-0.3, -0.25) is 0 Å². The monoisotopic (exact) mass is 251 g/mol. The maximum atomic E-state index is 5.97. The molecule has 0 amide bonds. The Labute approximate surface area is 105 Å². The van der Waals surface area contributed by atoms with Crippen molar-refractivity contribution in [1.29, 1.82) is 0 Å². The van der Waals surface area contributed by atoms with Gasteiger partial charge in [-0.25, -0.2) is 4.98 Å². The molecular formula is C11H17N5O2. The number of rotatable bonds is 7. The number of aromatic nitrogens is 4. The molecule has 2 rings (SSSR count). The van der Waals surface area contributed by atoms with Crippen LogP contribution >= 0.6 is 0 Å². The van der Waals surface area contributed by atoms with Gasteiger partial charge in [0.1, 0.15) is 6.61 Å². The fraction of sp³-hybridized carbons (Fsp3) is 0.545. The smallest absolute Gasteiger partial charge is 0.244 e. The average molecular weight is 251 g/mol. The van der Waals surface area contributed by atoms with Gasteiger partial charge < -0.3 is 20.0 Å². The van der Waals surface area contributed by atoms with E-state index in [0.717, 1.165) is 12.1 Å². The quantitative estimate of drug-likeness (QED) is 0.710. The molecule has 0 unspecified atom stereocenters. The van der Waals surface area contributed by atoms with Crippen molar-refractivity contribution in [3.8, 4) is 0 Å². The van der Waals surface area contributed by atoms with E-state index in [1.165, 1.54) is 0 Å². The lowest BCUT2D eigenvalue weighted by Crippen LogP contribution is -2.14. The summed E-state index contributed by atoms with van der Waals surface area (Å²) in [5.41, 5.74) is 6.90. The molecule has 0 bridgehead atoms. The number of nitrogens with two attached hydrogens (primary N) is 1. The molecule has 0 saturated carbocycles. The van der Waals surface area contributed by atoms with Crippen molar-refractivity contribution in [2.24, 2.45) is 5.73 Å². The Morgan fingerprint density at radius 2 is 2.44 bits per heavy atom. The molecule has 18 heavy (non-hydrogen) atoms. The molecule has 0 fully saturated rings. The second-order valence-electron chi connectivity index (χ2n) is 3.99. The zero-order chi connectivity index (χ0) is 12.8. The molecule has 0 aliphatic carbocycles. The van der Waals surface area contributed by atoms with E-state index in [1.54, 1.807) is 12.5 Å². The lowest BCUT2D eigenvalue weighted by atomic mass is 10.2. The molecule has 1 atom stereocenters. The van der Waals surface area contributed by atoms with Crippen molar-refractivity contribution >= 4 is 0 Å². The lowest BCUT2D eigenvalue weighted by molar-refractivity contribution is 0.114. The van der Waals surface area contributed by atoms with E-state index in [2.05, 4.69) is 20.1 Å². The first-order chi connectivity index (χ1) is 8.79. The zero-order valence-electron chi connectivity index (χ0n) is 10.3. The highest BCUT2D eigenvalue weighted by Crippen LogP contribution is 2.12. The van der Waals surface area contributed by atoms with Crippen molar-refractivity contribution in [2.45, 2.75) is 32.4 Å². The highest BCUT2D eigenvalue weighted by Gasteiger charge is 2.15. The second-order valence-corrected chi connectivity index (χ2v) is 3.99. The Bertz CT molecular complexity index is 454. The number of aromatic amines is 1. The van der Waals surface area contributed by atoms with Crippen molar-refractivity contribution in [2.75, 3.05) is 6.61 Å². The number of ether oxygens (including phenoxy) is 1. The van der Waals surface area contributed by atoms with E-state index in [1.807, 2.05) is 6.92 Å². The van der Waals surface area contributed by atoms with Gasteiger partial charge in [-0.05, 0) is 6.42 Å². The van der Waals surface area contributed by atoms with Crippen LogP contribution in [0.4, 0.5) is 0 Å². The average Bonchev–Trinajstić information content (AvgIpc) is 3.00. The number of hydrogen-bond donors (Lipinski definition) is 2. The fourth-order valence-corrected chi connectivity index (χ4v) is 1.51. The first kappa shape index (κ1) is 12.7. The van der Waals surface area contributed by atoms with Crippen LogP contribution in [0.5, 0.6) is 0 Å². The molecule has 2 aromatic rings. The summed E-state index contributed by atoms with van der Waals surface area (Å²) in [7, 11) is 0. The lowest BCUT2D eigenvalue weighted by Gasteiger charge is -2.03. The summed E-state index contributed by atoms with van der Waals surface area (Å²) < 4.78 is 10.4. The third-order valence-electron chi connectivity index (χ3n) is 2.38. The number of hydrogen-bond acceptors (Lipinski definition) is 6. The molecule has 0 spiro atoms. The van der Waals surface area contributed by atoms with E-state index in [4.69, 9.17) is 15.0 Å². The van der Waals surface area contributed by atoms with Gasteiger partial charge in [0, 0.05) is 24.9 Å². The van der Waals surface area contributed by atoms with Crippen molar-refractivity contribution in [3.63, 3.8) is 0 Å². The largest absolute Gasteiger partial charge is 0.373 e. The molecule has 0 aromatic carbocycles. The van der Waals surface area contributed by atoms with Gasteiger partial charge in [-0.15, -0.1) is 0 Å². The molecule has 98 valence electrons. The van der Waals surface area contributed by atoms with Gasteiger partial charge in [-0.2, -0.15) is 4.98 Å². The van der Waals surface area contributed by atoms with E-state index >= 15 is 0 Å². The van der Waals surface area contributed by atoms with Gasteiger partial charge in [0.2, 0.25) is 5.89 Å². The SMILES string of the molecule is CCCOCc1noc([C@H](N)Cc2cnc[nH]2)n1. The standard InChI is InChI=1S/C11H17N5O2/c1-2-3-17-6-10-15-11(18-16-10)9(12)4-8-5-13-7-14-8/h5,7,9H,2-4,6,12H2,1H3,(H,13,14)/t9-/m1/s1. The minimum absolute atomic E-state index is 0.335. The molecular weight excluding hydrogens is 234 g/mol. The summed E-state index contributed by atoms with van der Waals surface area (Å²) in [6, 6.07) is -0.335. The summed E-state index contributed by atoms with van der Waals surface area (Å²) in [4.78, 5) is 11.1. The van der Waals surface area contributed by atoms with Gasteiger partial charge >= 0.3 is 0 Å². The van der Waals surface area contributed by atoms with E-state index in [-0.39, 0.29) is 6.04 Å². The molecule has 0 radical (unpaired) electrons. The number of H-pyrrole nitrogens is 1. The Hall–Kier alpha value is -1.73. The summed E-state index contributed by atoms with van der Waals surface area (Å²) in [5, 5.41) is 3.82. The highest BCUT2D eigenvalue weighted by molar-refractivity contribution is 5.01. The van der Waals surface area contributed by atoms with Crippen LogP contribution in [0.25, 0.3) is 0 Å². The summed E-state index contributed by atoms with van der Waals surface area (Å²) in [6.45, 7) is 3.08. The predicted molar refractivity (Wildman–Crippen MR) is 63.5 cm³/mol. The third-order valence-corrected chi connectivity index (χ3v) is 2.38. The number of nitrogens with one attached hydrogen (secondary N) is 1. The summed E-state index contributed by atoms with van der Waals surface area (Å²) >= 11 is 0. The van der Waals surface area contributed by atoms with Crippen molar-refractivity contribution in [3.05, 3.63) is 29.9 Å². The Kier molecular flexibility index (Phi) is 4.43. The van der Waals surface area contributed by atoms with E-state index in [9.17, 15) is 0 Å². The minimum atomic E-state index is -0.335. The van der Waals surface area contributed by atoms with E-state index in [0.29, 0.717) is 31.3 Å². The Morgan fingerprint density at radius 1 is 1.56 bits per heavy atom. The molecule has 0 aliphatic rings.